The quantitative estimate of drug-likeness (QED) is 0.609. The van der Waals surface area contributed by atoms with Crippen LogP contribution in [0.4, 0.5) is 4.39 Å². The second-order valence-corrected chi connectivity index (χ2v) is 7.15. The van der Waals surface area contributed by atoms with Gasteiger partial charge in [0.2, 0.25) is 0 Å². The maximum Gasteiger partial charge on any atom is 0.254 e. The zero-order chi connectivity index (χ0) is 21.1. The highest BCUT2D eigenvalue weighted by atomic mass is 19.1. The van der Waals surface area contributed by atoms with Gasteiger partial charge in [-0.05, 0) is 47.9 Å². The van der Waals surface area contributed by atoms with E-state index in [2.05, 4.69) is 9.98 Å². The molecule has 30 heavy (non-hydrogen) atoms. The molecule has 0 unspecified atom stereocenters. The number of hydrogen-bond acceptors (Lipinski definition) is 4. The van der Waals surface area contributed by atoms with Gasteiger partial charge >= 0.3 is 0 Å². The largest absolute Gasteiger partial charge is 0.493 e. The van der Waals surface area contributed by atoms with Crippen LogP contribution in [-0.2, 0) is 13.1 Å². The molecule has 4 rings (SSSR count). The fourth-order valence-corrected chi connectivity index (χ4v) is 3.63. The van der Waals surface area contributed by atoms with Crippen LogP contribution in [0.2, 0.25) is 0 Å². The summed E-state index contributed by atoms with van der Waals surface area (Å²) in [5.41, 5.74) is 5.18. The maximum atomic E-state index is 13.6. The van der Waals surface area contributed by atoms with E-state index in [4.69, 9.17) is 4.74 Å². The first-order valence-corrected chi connectivity index (χ1v) is 9.80. The summed E-state index contributed by atoms with van der Waals surface area (Å²) in [6, 6.07) is 12.7. The van der Waals surface area contributed by atoms with E-state index in [1.54, 1.807) is 36.3 Å². The van der Waals surface area contributed by atoms with Crippen LogP contribution < -0.4 is 4.74 Å². The average molecular weight is 403 g/mol. The van der Waals surface area contributed by atoms with E-state index in [1.165, 1.54) is 11.6 Å². The fraction of sp³-hybridized carbons (Fsp3) is 0.208. The van der Waals surface area contributed by atoms with Crippen LogP contribution >= 0.6 is 0 Å². The Morgan fingerprint density at radius 1 is 1.20 bits per heavy atom. The highest BCUT2D eigenvalue weighted by Crippen LogP contribution is 2.31. The molecule has 1 aliphatic heterocycles. The number of carbonyl (C=O) groups excluding carboxylic acids is 1. The lowest BCUT2D eigenvalue weighted by Gasteiger charge is -2.20. The third-order valence-corrected chi connectivity index (χ3v) is 5.09. The fourth-order valence-electron chi connectivity index (χ4n) is 3.63. The Hall–Kier alpha value is -3.54. The van der Waals surface area contributed by atoms with Gasteiger partial charge in [0.1, 0.15) is 11.6 Å². The summed E-state index contributed by atoms with van der Waals surface area (Å²) in [4.78, 5) is 23.0. The molecule has 0 saturated carbocycles. The van der Waals surface area contributed by atoms with E-state index in [0.29, 0.717) is 42.1 Å². The number of carbonyl (C=O) groups is 1. The van der Waals surface area contributed by atoms with Crippen LogP contribution in [-0.4, -0.2) is 35.7 Å². The molecule has 0 fully saturated rings. The monoisotopic (exact) mass is 403 g/mol. The van der Waals surface area contributed by atoms with Crippen molar-refractivity contribution in [1.82, 2.24) is 9.88 Å². The summed E-state index contributed by atoms with van der Waals surface area (Å²) in [5, 5.41) is 0. The number of ether oxygens (including phenoxy) is 1. The first-order valence-electron chi connectivity index (χ1n) is 9.80. The predicted octanol–water partition coefficient (Wildman–Crippen LogP) is 4.49. The van der Waals surface area contributed by atoms with Crippen molar-refractivity contribution in [1.29, 1.82) is 0 Å². The molecule has 1 aromatic heterocycles. The Morgan fingerprint density at radius 3 is 2.87 bits per heavy atom. The number of rotatable bonds is 6. The summed E-state index contributed by atoms with van der Waals surface area (Å²) in [7, 11) is 1.78. The van der Waals surface area contributed by atoms with E-state index in [9.17, 15) is 9.18 Å². The van der Waals surface area contributed by atoms with Gasteiger partial charge < -0.3 is 9.64 Å². The Balaban J connectivity index is 1.59. The third-order valence-electron chi connectivity index (χ3n) is 5.09. The van der Waals surface area contributed by atoms with Crippen molar-refractivity contribution < 1.29 is 13.9 Å². The molecule has 2 aromatic carbocycles. The van der Waals surface area contributed by atoms with E-state index in [-0.39, 0.29) is 5.91 Å². The van der Waals surface area contributed by atoms with Gasteiger partial charge in [-0.1, -0.05) is 18.2 Å². The van der Waals surface area contributed by atoms with Gasteiger partial charge in [-0.3, -0.25) is 14.8 Å². The highest BCUT2D eigenvalue weighted by molar-refractivity contribution is 5.95. The number of nitrogens with zero attached hydrogens (tertiary/aromatic N) is 3. The van der Waals surface area contributed by atoms with Crippen LogP contribution in [0.15, 0.2) is 59.9 Å². The molecule has 0 N–H and O–H groups in total. The Bertz CT molecular complexity index is 1130. The molecule has 1 aliphatic rings. The van der Waals surface area contributed by atoms with Gasteiger partial charge in [-0.15, -0.1) is 0 Å². The second-order valence-electron chi connectivity index (χ2n) is 7.15. The number of halogens is 1. The molecule has 0 aliphatic carbocycles. The van der Waals surface area contributed by atoms with Crippen LogP contribution in [0.3, 0.4) is 0 Å². The Kier molecular flexibility index (Phi) is 5.57. The Morgan fingerprint density at radius 2 is 2.07 bits per heavy atom. The maximum absolute atomic E-state index is 13.6. The molecule has 1 amide bonds. The first-order chi connectivity index (χ1) is 14.6. The molecule has 3 aromatic rings. The van der Waals surface area contributed by atoms with Gasteiger partial charge in [-0.25, -0.2) is 4.39 Å². The van der Waals surface area contributed by atoms with E-state index in [0.717, 1.165) is 17.3 Å². The molecule has 152 valence electrons. The van der Waals surface area contributed by atoms with Crippen LogP contribution in [0, 0.1) is 5.82 Å². The summed E-state index contributed by atoms with van der Waals surface area (Å²) in [6.07, 6.45) is 4.60. The van der Waals surface area contributed by atoms with Crippen molar-refractivity contribution in [2.45, 2.75) is 20.0 Å². The van der Waals surface area contributed by atoms with Gasteiger partial charge in [0.05, 0.1) is 19.3 Å². The normalized spacial score (nSPS) is 12.0. The highest BCUT2D eigenvalue weighted by Gasteiger charge is 2.18. The minimum absolute atomic E-state index is 0.114. The molecule has 6 heteroatoms. The third kappa shape index (κ3) is 3.94. The molecule has 0 bridgehead atoms. The lowest BCUT2D eigenvalue weighted by molar-refractivity contribution is 0.0784. The van der Waals surface area contributed by atoms with Crippen molar-refractivity contribution in [3.8, 4) is 16.9 Å². The van der Waals surface area contributed by atoms with E-state index < -0.39 is 5.82 Å². The van der Waals surface area contributed by atoms with Crippen LogP contribution in [0.5, 0.6) is 5.75 Å². The summed E-state index contributed by atoms with van der Waals surface area (Å²) < 4.78 is 19.4. The molecule has 0 saturated heterocycles. The van der Waals surface area contributed by atoms with Gasteiger partial charge in [0.25, 0.3) is 5.91 Å². The molecule has 2 heterocycles. The minimum atomic E-state index is -0.422. The zero-order valence-corrected chi connectivity index (χ0v) is 16.9. The SMILES string of the molecule is CCOc1cc(C(=O)N(C)Cc2cccc3c2CN=C3)ccc1-c1cncc(F)c1. The van der Waals surface area contributed by atoms with Crippen LogP contribution in [0.1, 0.15) is 34.0 Å². The number of aliphatic imine (C=N–C) groups is 1. The molecule has 5 nitrogen and oxygen atoms in total. The van der Waals surface area contributed by atoms with Gasteiger partial charge in [0, 0.05) is 42.7 Å². The van der Waals surface area contributed by atoms with Gasteiger partial charge in [-0.2, -0.15) is 0 Å². The zero-order valence-electron chi connectivity index (χ0n) is 16.9. The number of pyridine rings is 1. The lowest BCUT2D eigenvalue weighted by atomic mass is 10.0. The second kappa shape index (κ2) is 8.45. The summed E-state index contributed by atoms with van der Waals surface area (Å²) >= 11 is 0. The standard InChI is InChI=1S/C24H22FN3O2/c1-3-30-23-10-16(7-8-21(23)19-9-20(25)13-26-12-19)24(29)28(2)15-18-6-4-5-17-11-27-14-22(17)18/h4-13H,3,14-15H2,1-2H3. The van der Waals surface area contributed by atoms with E-state index >= 15 is 0 Å². The number of amides is 1. The van der Waals surface area contributed by atoms with E-state index in [1.807, 2.05) is 31.3 Å². The average Bonchev–Trinajstić information content (AvgIpc) is 3.23. The predicted molar refractivity (Wildman–Crippen MR) is 114 cm³/mol. The number of benzene rings is 2. The van der Waals surface area contributed by atoms with Gasteiger partial charge in [0.15, 0.2) is 0 Å². The molecular weight excluding hydrogens is 381 g/mol. The number of hydrogen-bond donors (Lipinski definition) is 0. The summed E-state index contributed by atoms with van der Waals surface area (Å²) in [6.45, 7) is 3.44. The number of fused-ring (bicyclic) bond motifs is 1. The molecule has 0 radical (unpaired) electrons. The van der Waals surface area contributed by atoms with Crippen molar-refractivity contribution in [2.75, 3.05) is 13.7 Å². The van der Waals surface area contributed by atoms with Crippen LogP contribution in [0.25, 0.3) is 11.1 Å². The molecule has 0 spiro atoms. The molecule has 0 atom stereocenters. The molecular formula is C24H22FN3O2. The smallest absolute Gasteiger partial charge is 0.254 e. The topological polar surface area (TPSA) is 54.8 Å². The number of aromatic nitrogens is 1. The minimum Gasteiger partial charge on any atom is -0.493 e. The lowest BCUT2D eigenvalue weighted by Crippen LogP contribution is -2.26. The van der Waals surface area contributed by atoms with Crippen molar-refractivity contribution in [2.24, 2.45) is 4.99 Å². The first kappa shape index (κ1) is 19.8. The Labute approximate surface area is 174 Å². The van der Waals surface area contributed by atoms with Crippen molar-refractivity contribution >= 4 is 12.1 Å². The van der Waals surface area contributed by atoms with Crippen molar-refractivity contribution in [3.63, 3.8) is 0 Å². The summed E-state index contributed by atoms with van der Waals surface area (Å²) in [5.74, 6) is -0.0104. The van der Waals surface area contributed by atoms with Crippen molar-refractivity contribution in [3.05, 3.63) is 82.9 Å².